The van der Waals surface area contributed by atoms with Gasteiger partial charge >= 0.3 is 0 Å². The first-order chi connectivity index (χ1) is 5.24. The summed E-state index contributed by atoms with van der Waals surface area (Å²) in [7, 11) is 1.84. The number of nitrogens with zero attached hydrogens (tertiary/aromatic N) is 1. The molecule has 1 aromatic heterocycles. The molecular formula is C6H8BrN3S. The van der Waals surface area contributed by atoms with Crippen molar-refractivity contribution in [1.82, 2.24) is 9.71 Å². The summed E-state index contributed by atoms with van der Waals surface area (Å²) in [6, 6.07) is 1.92. The van der Waals surface area contributed by atoms with Gasteiger partial charge in [0.15, 0.2) is 0 Å². The zero-order valence-corrected chi connectivity index (χ0v) is 8.37. The minimum atomic E-state index is 0.549. The van der Waals surface area contributed by atoms with E-state index in [0.29, 0.717) is 5.82 Å². The Balaban J connectivity index is 2.93. The van der Waals surface area contributed by atoms with Gasteiger partial charge in [0.2, 0.25) is 0 Å². The number of halogens is 1. The fourth-order valence-corrected chi connectivity index (χ4v) is 1.67. The first kappa shape index (κ1) is 8.83. The van der Waals surface area contributed by atoms with Crippen LogP contribution in [0.25, 0.3) is 0 Å². The summed E-state index contributed by atoms with van der Waals surface area (Å²) < 4.78 is 3.86. The van der Waals surface area contributed by atoms with Crippen LogP contribution >= 0.6 is 27.9 Å². The van der Waals surface area contributed by atoms with E-state index in [0.717, 1.165) is 9.37 Å². The quantitative estimate of drug-likeness (QED) is 0.764. The van der Waals surface area contributed by atoms with Crippen LogP contribution in [0, 0.1) is 0 Å². The Hall–Kier alpha value is -0.260. The summed E-state index contributed by atoms with van der Waals surface area (Å²) in [6.45, 7) is 0. The van der Waals surface area contributed by atoms with E-state index in [1.54, 1.807) is 6.20 Å². The molecule has 0 atom stereocenters. The van der Waals surface area contributed by atoms with Gasteiger partial charge in [-0.2, -0.15) is 0 Å². The number of nitrogens with one attached hydrogen (secondary N) is 1. The van der Waals surface area contributed by atoms with Gasteiger partial charge < -0.3 is 5.73 Å². The number of nitrogen functional groups attached to an aromatic ring is 1. The van der Waals surface area contributed by atoms with Crippen molar-refractivity contribution in [2.24, 2.45) is 0 Å². The maximum absolute atomic E-state index is 5.58. The molecule has 60 valence electrons. The monoisotopic (exact) mass is 233 g/mol. The van der Waals surface area contributed by atoms with Gasteiger partial charge in [0, 0.05) is 10.7 Å². The average Bonchev–Trinajstić information content (AvgIpc) is 1.98. The van der Waals surface area contributed by atoms with Crippen molar-refractivity contribution in [2.45, 2.75) is 4.90 Å². The second kappa shape index (κ2) is 3.94. The number of anilines is 1. The highest BCUT2D eigenvalue weighted by Crippen LogP contribution is 2.23. The molecule has 0 unspecified atom stereocenters. The lowest BCUT2D eigenvalue weighted by Gasteiger charge is -2.02. The van der Waals surface area contributed by atoms with Crippen LogP contribution in [0.1, 0.15) is 0 Å². The van der Waals surface area contributed by atoms with E-state index in [2.05, 4.69) is 25.6 Å². The molecule has 1 heterocycles. The highest BCUT2D eigenvalue weighted by Gasteiger charge is 1.99. The van der Waals surface area contributed by atoms with Crippen molar-refractivity contribution in [2.75, 3.05) is 12.8 Å². The van der Waals surface area contributed by atoms with E-state index in [-0.39, 0.29) is 0 Å². The van der Waals surface area contributed by atoms with Gasteiger partial charge in [0.1, 0.15) is 5.82 Å². The van der Waals surface area contributed by atoms with Crippen molar-refractivity contribution in [3.05, 3.63) is 16.7 Å². The third-order valence-electron chi connectivity index (χ3n) is 1.06. The predicted octanol–water partition coefficient (Wildman–Crippen LogP) is 1.65. The molecule has 0 spiro atoms. The molecule has 3 nitrogen and oxygen atoms in total. The molecule has 0 saturated carbocycles. The number of hydrogen-bond donors (Lipinski definition) is 2. The first-order valence-electron chi connectivity index (χ1n) is 2.98. The molecule has 0 saturated heterocycles. The summed E-state index contributed by atoms with van der Waals surface area (Å²) >= 11 is 4.76. The van der Waals surface area contributed by atoms with E-state index >= 15 is 0 Å². The third kappa shape index (κ3) is 2.36. The van der Waals surface area contributed by atoms with Gasteiger partial charge in [-0.05, 0) is 41.0 Å². The van der Waals surface area contributed by atoms with Gasteiger partial charge in [-0.15, -0.1) is 0 Å². The normalized spacial score (nSPS) is 10.0. The minimum absolute atomic E-state index is 0.549. The fourth-order valence-electron chi connectivity index (χ4n) is 0.623. The van der Waals surface area contributed by atoms with Gasteiger partial charge in [-0.1, -0.05) is 0 Å². The number of hydrogen-bond acceptors (Lipinski definition) is 4. The van der Waals surface area contributed by atoms with Gasteiger partial charge in [-0.3, -0.25) is 4.72 Å². The lowest BCUT2D eigenvalue weighted by molar-refractivity contribution is 1.21. The van der Waals surface area contributed by atoms with Crippen molar-refractivity contribution >= 4 is 33.7 Å². The van der Waals surface area contributed by atoms with Crippen LogP contribution in [0.4, 0.5) is 5.82 Å². The topological polar surface area (TPSA) is 50.9 Å². The summed E-state index contributed by atoms with van der Waals surface area (Å²) in [5, 5.41) is 0. The van der Waals surface area contributed by atoms with Gasteiger partial charge in [0.25, 0.3) is 0 Å². The molecule has 11 heavy (non-hydrogen) atoms. The molecule has 0 amide bonds. The van der Waals surface area contributed by atoms with Crippen LogP contribution in [0.5, 0.6) is 0 Å². The highest BCUT2D eigenvalue weighted by atomic mass is 79.9. The van der Waals surface area contributed by atoms with E-state index in [9.17, 15) is 0 Å². The Morgan fingerprint density at radius 1 is 1.73 bits per heavy atom. The van der Waals surface area contributed by atoms with Crippen molar-refractivity contribution in [3.8, 4) is 0 Å². The molecule has 0 aliphatic carbocycles. The molecule has 5 heteroatoms. The largest absolute Gasteiger partial charge is 0.383 e. The number of aromatic nitrogens is 1. The Morgan fingerprint density at radius 3 is 3.09 bits per heavy atom. The molecular weight excluding hydrogens is 226 g/mol. The number of nitrogens with two attached hydrogens (primary N) is 1. The Kier molecular flexibility index (Phi) is 3.16. The fraction of sp³-hybridized carbons (Fsp3) is 0.167. The van der Waals surface area contributed by atoms with Gasteiger partial charge in [-0.25, -0.2) is 4.98 Å². The van der Waals surface area contributed by atoms with Crippen LogP contribution in [-0.4, -0.2) is 12.0 Å². The van der Waals surface area contributed by atoms with E-state index in [1.807, 2.05) is 13.1 Å². The predicted molar refractivity (Wildman–Crippen MR) is 51.3 cm³/mol. The van der Waals surface area contributed by atoms with Crippen LogP contribution < -0.4 is 10.5 Å². The summed E-state index contributed by atoms with van der Waals surface area (Å²) in [4.78, 5) is 4.90. The smallest absolute Gasteiger partial charge is 0.138 e. The molecule has 0 aliphatic rings. The molecule has 0 fully saturated rings. The Morgan fingerprint density at radius 2 is 2.45 bits per heavy atom. The van der Waals surface area contributed by atoms with Gasteiger partial charge in [0.05, 0.1) is 4.90 Å². The molecule has 1 rings (SSSR count). The summed E-state index contributed by atoms with van der Waals surface area (Å²) in [5.41, 5.74) is 5.58. The van der Waals surface area contributed by atoms with E-state index in [4.69, 9.17) is 5.73 Å². The minimum Gasteiger partial charge on any atom is -0.383 e. The maximum Gasteiger partial charge on any atom is 0.138 e. The van der Waals surface area contributed by atoms with Crippen LogP contribution in [0.15, 0.2) is 21.6 Å². The van der Waals surface area contributed by atoms with Crippen molar-refractivity contribution < 1.29 is 0 Å². The highest BCUT2D eigenvalue weighted by molar-refractivity contribution is 9.10. The van der Waals surface area contributed by atoms with Crippen LogP contribution in [0.3, 0.4) is 0 Å². The average molecular weight is 234 g/mol. The Bertz CT molecular complexity index is 254. The van der Waals surface area contributed by atoms with Crippen molar-refractivity contribution in [3.63, 3.8) is 0 Å². The van der Waals surface area contributed by atoms with E-state index < -0.39 is 0 Å². The Labute approximate surface area is 78.0 Å². The second-order valence-corrected chi connectivity index (χ2v) is 3.81. The standard InChI is InChI=1S/C6H8BrN3S/c1-9-11-5-2-4(7)3-10-6(5)8/h2-3,9H,1H3,(H2,8,10). The maximum atomic E-state index is 5.58. The molecule has 0 aliphatic heterocycles. The molecule has 3 N–H and O–H groups in total. The zero-order valence-electron chi connectivity index (χ0n) is 5.97. The second-order valence-electron chi connectivity index (χ2n) is 1.84. The lowest BCUT2D eigenvalue weighted by Crippen LogP contribution is -1.97. The van der Waals surface area contributed by atoms with E-state index in [1.165, 1.54) is 11.9 Å². The molecule has 0 bridgehead atoms. The lowest BCUT2D eigenvalue weighted by atomic mass is 10.5. The number of pyridine rings is 1. The zero-order chi connectivity index (χ0) is 8.27. The SMILES string of the molecule is CNSc1cc(Br)cnc1N. The number of rotatable bonds is 2. The van der Waals surface area contributed by atoms with Crippen LogP contribution in [0.2, 0.25) is 0 Å². The summed E-state index contributed by atoms with van der Waals surface area (Å²) in [6.07, 6.45) is 1.68. The van der Waals surface area contributed by atoms with Crippen LogP contribution in [-0.2, 0) is 0 Å². The molecule has 1 aromatic rings. The molecule has 0 aromatic carbocycles. The third-order valence-corrected chi connectivity index (χ3v) is 2.25. The first-order valence-corrected chi connectivity index (χ1v) is 4.59. The van der Waals surface area contributed by atoms with Crippen molar-refractivity contribution in [1.29, 1.82) is 0 Å². The molecule has 0 radical (unpaired) electrons. The summed E-state index contributed by atoms with van der Waals surface area (Å²) in [5.74, 6) is 0.549.